The van der Waals surface area contributed by atoms with Crippen LogP contribution in [0.1, 0.15) is 24.8 Å². The smallest absolute Gasteiger partial charge is 0.118 e. The minimum Gasteiger partial charge on any atom is -0.497 e. The molecule has 2 rings (SSSR count). The highest BCUT2D eigenvalue weighted by Crippen LogP contribution is 2.39. The van der Waals surface area contributed by atoms with Crippen molar-refractivity contribution >= 4 is 0 Å². The fourth-order valence-corrected chi connectivity index (χ4v) is 1.60. The van der Waals surface area contributed by atoms with E-state index in [9.17, 15) is 10.2 Å². The summed E-state index contributed by atoms with van der Waals surface area (Å²) in [5, 5.41) is 19.2. The van der Waals surface area contributed by atoms with E-state index in [4.69, 9.17) is 4.74 Å². The van der Waals surface area contributed by atoms with Crippen LogP contribution in [0.5, 0.6) is 5.75 Å². The molecule has 1 aromatic rings. The summed E-state index contributed by atoms with van der Waals surface area (Å²) in [6.45, 7) is 0. The molecule has 0 saturated heterocycles. The lowest BCUT2D eigenvalue weighted by molar-refractivity contribution is 0.0891. The van der Waals surface area contributed by atoms with E-state index in [-0.39, 0.29) is 0 Å². The molecule has 1 atom stereocenters. The summed E-state index contributed by atoms with van der Waals surface area (Å²) in [6.07, 6.45) is 1.13. The minimum absolute atomic E-state index is 0.343. The lowest BCUT2D eigenvalue weighted by atomic mass is 10.1. The van der Waals surface area contributed by atoms with Crippen LogP contribution in [0.25, 0.3) is 0 Å². The molecule has 0 amide bonds. The Morgan fingerprint density at radius 3 is 2.53 bits per heavy atom. The van der Waals surface area contributed by atoms with Crippen molar-refractivity contribution in [2.75, 3.05) is 7.11 Å². The second-order valence-corrected chi connectivity index (χ2v) is 4.44. The number of hydrogen-bond donors (Lipinski definition) is 2. The van der Waals surface area contributed by atoms with Gasteiger partial charge in [0.05, 0.1) is 12.7 Å². The molecule has 1 aliphatic carbocycles. The normalized spacial score (nSPS) is 17.8. The summed E-state index contributed by atoms with van der Waals surface area (Å²) in [4.78, 5) is 0. The van der Waals surface area contributed by atoms with E-state index in [0.717, 1.165) is 24.2 Å². The third-order valence-corrected chi connectivity index (χ3v) is 2.87. The molecule has 1 saturated carbocycles. The Bertz CT molecular complexity index is 435. The third kappa shape index (κ3) is 3.48. The van der Waals surface area contributed by atoms with Gasteiger partial charge in [-0.15, -0.1) is 0 Å². The van der Waals surface area contributed by atoms with Crippen LogP contribution in [-0.2, 0) is 0 Å². The molecule has 2 N–H and O–H groups in total. The predicted molar refractivity (Wildman–Crippen MR) is 64.7 cm³/mol. The van der Waals surface area contributed by atoms with Crippen molar-refractivity contribution in [3.8, 4) is 17.6 Å². The summed E-state index contributed by atoms with van der Waals surface area (Å²) in [5.41, 5.74) is 0.168. The first-order valence-corrected chi connectivity index (χ1v) is 5.67. The quantitative estimate of drug-likeness (QED) is 0.773. The maximum absolute atomic E-state index is 9.63. The van der Waals surface area contributed by atoms with Gasteiger partial charge in [-0.3, -0.25) is 0 Å². The van der Waals surface area contributed by atoms with Crippen molar-refractivity contribution in [2.45, 2.75) is 31.0 Å². The van der Waals surface area contributed by atoms with E-state index in [1.54, 1.807) is 7.11 Å². The molecular weight excluding hydrogens is 216 g/mol. The highest BCUT2D eigenvalue weighted by molar-refractivity contribution is 5.38. The van der Waals surface area contributed by atoms with Crippen molar-refractivity contribution in [3.05, 3.63) is 29.8 Å². The van der Waals surface area contributed by atoms with Gasteiger partial charge >= 0.3 is 0 Å². The van der Waals surface area contributed by atoms with Gasteiger partial charge in [0, 0.05) is 12.0 Å². The summed E-state index contributed by atoms with van der Waals surface area (Å²) in [6, 6.07) is 7.32. The molecular formula is C14H16O3. The van der Waals surface area contributed by atoms with E-state index < -0.39 is 11.7 Å². The molecule has 0 heterocycles. The average molecular weight is 232 g/mol. The average Bonchev–Trinajstić information content (AvgIpc) is 3.05. The van der Waals surface area contributed by atoms with Crippen molar-refractivity contribution in [2.24, 2.45) is 0 Å². The lowest BCUT2D eigenvalue weighted by Gasteiger charge is -2.08. The van der Waals surface area contributed by atoms with Crippen molar-refractivity contribution in [3.63, 3.8) is 0 Å². The first-order valence-electron chi connectivity index (χ1n) is 5.67. The molecule has 90 valence electrons. The molecule has 3 nitrogen and oxygen atoms in total. The van der Waals surface area contributed by atoms with Gasteiger partial charge in [0.1, 0.15) is 11.9 Å². The van der Waals surface area contributed by atoms with Crippen LogP contribution >= 0.6 is 0 Å². The van der Waals surface area contributed by atoms with Gasteiger partial charge in [-0.1, -0.05) is 11.8 Å². The van der Waals surface area contributed by atoms with Crippen molar-refractivity contribution < 1.29 is 14.9 Å². The Hall–Kier alpha value is -1.50. The van der Waals surface area contributed by atoms with Crippen molar-refractivity contribution in [1.29, 1.82) is 0 Å². The number of hydrogen-bond acceptors (Lipinski definition) is 3. The van der Waals surface area contributed by atoms with Crippen LogP contribution in [0, 0.1) is 11.8 Å². The Balaban J connectivity index is 1.94. The molecule has 0 radical (unpaired) electrons. The molecule has 1 aromatic carbocycles. The van der Waals surface area contributed by atoms with Gasteiger partial charge in [-0.2, -0.15) is 0 Å². The lowest BCUT2D eigenvalue weighted by Crippen LogP contribution is -2.16. The van der Waals surface area contributed by atoms with Gasteiger partial charge in [0.25, 0.3) is 0 Å². The summed E-state index contributed by atoms with van der Waals surface area (Å²) in [5.74, 6) is 6.40. The Morgan fingerprint density at radius 2 is 2.00 bits per heavy atom. The molecule has 1 aliphatic rings. The predicted octanol–water partition coefficient (Wildman–Crippen LogP) is 1.32. The second-order valence-electron chi connectivity index (χ2n) is 4.44. The molecule has 0 spiro atoms. The fourth-order valence-electron chi connectivity index (χ4n) is 1.60. The van der Waals surface area contributed by atoms with E-state index in [0.29, 0.717) is 6.42 Å². The van der Waals surface area contributed by atoms with Crippen LogP contribution in [0.2, 0.25) is 0 Å². The number of benzene rings is 1. The fraction of sp³-hybridized carbons (Fsp3) is 0.429. The second kappa shape index (κ2) is 4.79. The van der Waals surface area contributed by atoms with Crippen LogP contribution in [0.15, 0.2) is 24.3 Å². The molecule has 0 aliphatic heterocycles. The van der Waals surface area contributed by atoms with Gasteiger partial charge in [0.2, 0.25) is 0 Å². The highest BCUT2D eigenvalue weighted by atomic mass is 16.5. The Kier molecular flexibility index (Phi) is 3.37. The first-order chi connectivity index (χ1) is 8.11. The van der Waals surface area contributed by atoms with Crippen LogP contribution in [0.3, 0.4) is 0 Å². The Morgan fingerprint density at radius 1 is 1.35 bits per heavy atom. The van der Waals surface area contributed by atoms with E-state index >= 15 is 0 Å². The zero-order valence-corrected chi connectivity index (χ0v) is 9.81. The largest absolute Gasteiger partial charge is 0.497 e. The maximum atomic E-state index is 9.63. The minimum atomic E-state index is -0.760. The van der Waals surface area contributed by atoms with Gasteiger partial charge in [0.15, 0.2) is 0 Å². The zero-order valence-electron chi connectivity index (χ0n) is 9.81. The van der Waals surface area contributed by atoms with Gasteiger partial charge in [-0.25, -0.2) is 0 Å². The topological polar surface area (TPSA) is 49.7 Å². The molecule has 1 unspecified atom stereocenters. The summed E-state index contributed by atoms with van der Waals surface area (Å²) < 4.78 is 5.04. The molecule has 17 heavy (non-hydrogen) atoms. The SMILES string of the molecule is COc1ccc(C#CC(O)CC2(O)CC2)cc1. The third-order valence-electron chi connectivity index (χ3n) is 2.87. The van der Waals surface area contributed by atoms with Gasteiger partial charge < -0.3 is 14.9 Å². The van der Waals surface area contributed by atoms with Gasteiger partial charge in [-0.05, 0) is 37.1 Å². The number of aliphatic hydroxyl groups excluding tert-OH is 1. The zero-order chi connectivity index (χ0) is 12.3. The maximum Gasteiger partial charge on any atom is 0.118 e. The van der Waals surface area contributed by atoms with E-state index in [2.05, 4.69) is 11.8 Å². The molecule has 3 heteroatoms. The molecule has 1 fully saturated rings. The number of ether oxygens (including phenoxy) is 1. The first kappa shape index (κ1) is 12.0. The van der Waals surface area contributed by atoms with E-state index in [1.807, 2.05) is 24.3 Å². The van der Waals surface area contributed by atoms with E-state index in [1.165, 1.54) is 0 Å². The number of aliphatic hydroxyl groups is 2. The van der Waals surface area contributed by atoms with Crippen LogP contribution in [-0.4, -0.2) is 29.0 Å². The monoisotopic (exact) mass is 232 g/mol. The number of rotatable bonds is 3. The Labute approximate surface area is 101 Å². The molecule has 0 bridgehead atoms. The highest BCUT2D eigenvalue weighted by Gasteiger charge is 2.41. The summed E-state index contributed by atoms with van der Waals surface area (Å²) in [7, 11) is 1.61. The molecule has 0 aromatic heterocycles. The van der Waals surface area contributed by atoms with Crippen LogP contribution < -0.4 is 4.74 Å². The van der Waals surface area contributed by atoms with Crippen molar-refractivity contribution in [1.82, 2.24) is 0 Å². The van der Waals surface area contributed by atoms with Crippen LogP contribution in [0.4, 0.5) is 0 Å². The standard InChI is InChI=1S/C14H16O3/c1-17-13-6-3-11(4-7-13)2-5-12(15)10-14(16)8-9-14/h3-4,6-7,12,15-16H,8-10H2,1H3. The summed E-state index contributed by atoms with van der Waals surface area (Å²) >= 11 is 0. The number of methoxy groups -OCH3 is 1.